The van der Waals surface area contributed by atoms with Gasteiger partial charge in [-0.2, -0.15) is 0 Å². The molecule has 2 nitrogen and oxygen atoms in total. The summed E-state index contributed by atoms with van der Waals surface area (Å²) in [6, 6.07) is 16.4. The first-order chi connectivity index (χ1) is 10.9. The third-order valence-corrected chi connectivity index (χ3v) is 4.12. The van der Waals surface area contributed by atoms with Crippen LogP contribution in [0.15, 0.2) is 48.5 Å². The topological polar surface area (TPSA) is 29.1 Å². The van der Waals surface area contributed by atoms with E-state index >= 15 is 0 Å². The molecule has 122 valence electrons. The first kappa shape index (κ1) is 17.3. The van der Waals surface area contributed by atoms with E-state index in [4.69, 9.17) is 0 Å². The molecule has 0 heterocycles. The van der Waals surface area contributed by atoms with Crippen molar-refractivity contribution >= 4 is 11.5 Å². The molecule has 0 saturated heterocycles. The van der Waals surface area contributed by atoms with E-state index < -0.39 is 0 Å². The summed E-state index contributed by atoms with van der Waals surface area (Å²) in [5.74, 6) is 0.183. The molecular weight excluding hydrogens is 282 g/mol. The molecule has 0 aliphatic heterocycles. The SMILES string of the molecule is CCc1ccc(NCCC(=O)c2ccc(C(C)(C)C)cc2)cc1. The number of anilines is 1. The van der Waals surface area contributed by atoms with Crippen molar-refractivity contribution in [3.8, 4) is 0 Å². The molecule has 2 rings (SSSR count). The molecule has 0 aromatic heterocycles. The van der Waals surface area contributed by atoms with Crippen LogP contribution in [0.2, 0.25) is 0 Å². The summed E-state index contributed by atoms with van der Waals surface area (Å²) in [6.45, 7) is 9.34. The number of carbonyl (C=O) groups is 1. The summed E-state index contributed by atoms with van der Waals surface area (Å²) in [5, 5.41) is 3.31. The standard InChI is InChI=1S/C21H27NO/c1-5-16-6-12-19(13-7-16)22-15-14-20(23)17-8-10-18(11-9-17)21(2,3)4/h6-13,22H,5,14-15H2,1-4H3. The Kier molecular flexibility index (Phi) is 5.59. The molecular formula is C21H27NO. The Bertz CT molecular complexity index is 633. The minimum Gasteiger partial charge on any atom is -0.385 e. The van der Waals surface area contributed by atoms with E-state index in [0.717, 1.165) is 17.7 Å². The van der Waals surface area contributed by atoms with Gasteiger partial charge in [-0.25, -0.2) is 0 Å². The van der Waals surface area contributed by atoms with Gasteiger partial charge in [0.25, 0.3) is 0 Å². The minimum absolute atomic E-state index is 0.119. The van der Waals surface area contributed by atoms with E-state index in [-0.39, 0.29) is 11.2 Å². The van der Waals surface area contributed by atoms with Crippen LogP contribution in [0.1, 0.15) is 55.6 Å². The van der Waals surface area contributed by atoms with Gasteiger partial charge in [0.1, 0.15) is 0 Å². The van der Waals surface area contributed by atoms with Gasteiger partial charge in [-0.3, -0.25) is 4.79 Å². The van der Waals surface area contributed by atoms with Crippen LogP contribution in [0.3, 0.4) is 0 Å². The van der Waals surface area contributed by atoms with Gasteiger partial charge in [0.05, 0.1) is 0 Å². The molecule has 2 heteroatoms. The molecule has 0 atom stereocenters. The Labute approximate surface area is 139 Å². The number of hydrogen-bond acceptors (Lipinski definition) is 2. The monoisotopic (exact) mass is 309 g/mol. The highest BCUT2D eigenvalue weighted by Gasteiger charge is 2.14. The van der Waals surface area contributed by atoms with E-state index in [1.807, 2.05) is 12.1 Å². The van der Waals surface area contributed by atoms with Crippen molar-refractivity contribution in [2.75, 3.05) is 11.9 Å². The van der Waals surface area contributed by atoms with Crippen LogP contribution in [0.4, 0.5) is 5.69 Å². The molecule has 0 saturated carbocycles. The molecule has 0 fully saturated rings. The van der Waals surface area contributed by atoms with Crippen LogP contribution >= 0.6 is 0 Å². The van der Waals surface area contributed by atoms with Gasteiger partial charge in [0.15, 0.2) is 5.78 Å². The van der Waals surface area contributed by atoms with Crippen molar-refractivity contribution < 1.29 is 4.79 Å². The lowest BCUT2D eigenvalue weighted by Gasteiger charge is -2.19. The summed E-state index contributed by atoms with van der Waals surface area (Å²) in [7, 11) is 0. The van der Waals surface area contributed by atoms with Crippen LogP contribution in [0.5, 0.6) is 0 Å². The molecule has 1 N–H and O–H groups in total. The van der Waals surface area contributed by atoms with Crippen molar-refractivity contribution in [1.82, 2.24) is 0 Å². The summed E-state index contributed by atoms with van der Waals surface area (Å²) >= 11 is 0. The van der Waals surface area contributed by atoms with Crippen molar-refractivity contribution in [3.63, 3.8) is 0 Å². The van der Waals surface area contributed by atoms with Crippen LogP contribution in [-0.4, -0.2) is 12.3 Å². The lowest BCUT2D eigenvalue weighted by molar-refractivity contribution is 0.0986. The van der Waals surface area contributed by atoms with Crippen LogP contribution < -0.4 is 5.32 Å². The molecule has 0 bridgehead atoms. The Morgan fingerprint density at radius 3 is 2.09 bits per heavy atom. The van der Waals surface area contributed by atoms with E-state index in [2.05, 4.69) is 69.4 Å². The number of benzene rings is 2. The second-order valence-electron chi connectivity index (χ2n) is 6.98. The van der Waals surface area contributed by atoms with Crippen molar-refractivity contribution in [2.45, 2.75) is 46.0 Å². The van der Waals surface area contributed by atoms with Crippen LogP contribution in [-0.2, 0) is 11.8 Å². The van der Waals surface area contributed by atoms with Gasteiger partial charge in [-0.15, -0.1) is 0 Å². The van der Waals surface area contributed by atoms with E-state index in [0.29, 0.717) is 13.0 Å². The fourth-order valence-electron chi connectivity index (χ4n) is 2.48. The number of aryl methyl sites for hydroxylation is 1. The minimum atomic E-state index is 0.119. The number of carbonyl (C=O) groups excluding carboxylic acids is 1. The fraction of sp³-hybridized carbons (Fsp3) is 0.381. The Balaban J connectivity index is 1.86. The maximum atomic E-state index is 12.3. The highest BCUT2D eigenvalue weighted by Crippen LogP contribution is 2.22. The molecule has 2 aromatic rings. The second kappa shape index (κ2) is 7.45. The van der Waals surface area contributed by atoms with Gasteiger partial charge >= 0.3 is 0 Å². The molecule has 0 unspecified atom stereocenters. The lowest BCUT2D eigenvalue weighted by Crippen LogP contribution is -2.12. The zero-order valence-electron chi connectivity index (χ0n) is 14.6. The molecule has 2 aromatic carbocycles. The summed E-state index contributed by atoms with van der Waals surface area (Å²) < 4.78 is 0. The normalized spacial score (nSPS) is 11.3. The van der Waals surface area contributed by atoms with Crippen molar-refractivity contribution in [3.05, 3.63) is 65.2 Å². The largest absolute Gasteiger partial charge is 0.385 e. The smallest absolute Gasteiger partial charge is 0.164 e. The van der Waals surface area contributed by atoms with Crippen molar-refractivity contribution in [2.24, 2.45) is 0 Å². The van der Waals surface area contributed by atoms with Gasteiger partial charge in [0.2, 0.25) is 0 Å². The number of ketones is 1. The zero-order valence-corrected chi connectivity index (χ0v) is 14.6. The fourth-order valence-corrected chi connectivity index (χ4v) is 2.48. The third kappa shape index (κ3) is 4.95. The summed E-state index contributed by atoms with van der Waals surface area (Å²) in [5.41, 5.74) is 4.56. The van der Waals surface area contributed by atoms with Crippen LogP contribution in [0, 0.1) is 0 Å². The quantitative estimate of drug-likeness (QED) is 0.740. The predicted octanol–water partition coefficient (Wildman–Crippen LogP) is 5.23. The number of Topliss-reactive ketones (excluding diaryl/α,β-unsaturated/α-hetero) is 1. The number of nitrogens with one attached hydrogen (secondary N) is 1. The molecule has 0 amide bonds. The zero-order chi connectivity index (χ0) is 16.9. The highest BCUT2D eigenvalue weighted by atomic mass is 16.1. The molecule has 0 aliphatic rings. The van der Waals surface area contributed by atoms with E-state index in [1.165, 1.54) is 11.1 Å². The predicted molar refractivity (Wildman–Crippen MR) is 98.4 cm³/mol. The third-order valence-electron chi connectivity index (χ3n) is 4.12. The van der Waals surface area contributed by atoms with Gasteiger partial charge in [-0.05, 0) is 35.1 Å². The molecule has 23 heavy (non-hydrogen) atoms. The van der Waals surface area contributed by atoms with E-state index in [1.54, 1.807) is 0 Å². The second-order valence-corrected chi connectivity index (χ2v) is 6.98. The highest BCUT2D eigenvalue weighted by molar-refractivity contribution is 5.96. The Hall–Kier alpha value is -2.09. The van der Waals surface area contributed by atoms with E-state index in [9.17, 15) is 4.79 Å². The maximum Gasteiger partial charge on any atom is 0.164 e. The molecule has 0 aliphatic carbocycles. The number of hydrogen-bond donors (Lipinski definition) is 1. The first-order valence-corrected chi connectivity index (χ1v) is 8.36. The maximum absolute atomic E-state index is 12.3. The average molecular weight is 309 g/mol. The van der Waals surface area contributed by atoms with Gasteiger partial charge in [-0.1, -0.05) is 64.1 Å². The number of rotatable bonds is 6. The summed E-state index contributed by atoms with van der Waals surface area (Å²) in [4.78, 5) is 12.3. The Morgan fingerprint density at radius 1 is 0.957 bits per heavy atom. The Morgan fingerprint density at radius 2 is 1.57 bits per heavy atom. The van der Waals surface area contributed by atoms with Gasteiger partial charge < -0.3 is 5.32 Å². The summed E-state index contributed by atoms with van der Waals surface area (Å²) in [6.07, 6.45) is 1.55. The van der Waals surface area contributed by atoms with Crippen molar-refractivity contribution in [1.29, 1.82) is 0 Å². The van der Waals surface area contributed by atoms with Crippen LogP contribution in [0.25, 0.3) is 0 Å². The van der Waals surface area contributed by atoms with Gasteiger partial charge in [0, 0.05) is 24.2 Å². The lowest BCUT2D eigenvalue weighted by atomic mass is 9.86. The molecule has 0 radical (unpaired) electrons. The first-order valence-electron chi connectivity index (χ1n) is 8.36. The average Bonchev–Trinajstić information content (AvgIpc) is 2.54. The molecule has 0 spiro atoms.